The number of fused-ring (bicyclic) bond motifs is 1. The second kappa shape index (κ2) is 11.9. The molecule has 12 heteroatoms. The van der Waals surface area contributed by atoms with Crippen molar-refractivity contribution in [1.29, 1.82) is 0 Å². The molecular formula is C25H26F3N3O6. The second-order valence-electron chi connectivity index (χ2n) is 8.65. The number of carbonyl (C=O) groups is 4. The Kier molecular flexibility index (Phi) is 8.87. The Morgan fingerprint density at radius 2 is 1.65 bits per heavy atom. The number of amides is 2. The molecule has 0 unspecified atom stereocenters. The van der Waals surface area contributed by atoms with E-state index in [4.69, 9.17) is 15.0 Å². The van der Waals surface area contributed by atoms with Gasteiger partial charge < -0.3 is 25.7 Å². The van der Waals surface area contributed by atoms with Crippen molar-refractivity contribution in [2.24, 2.45) is 0 Å². The lowest BCUT2D eigenvalue weighted by molar-refractivity contribution is -0.192. The highest BCUT2D eigenvalue weighted by Crippen LogP contribution is 2.27. The molecule has 1 fully saturated rings. The second-order valence-corrected chi connectivity index (χ2v) is 8.65. The van der Waals surface area contributed by atoms with Crippen molar-refractivity contribution in [3.8, 4) is 0 Å². The number of carboxylic acids is 2. The van der Waals surface area contributed by atoms with E-state index in [2.05, 4.69) is 10.6 Å². The van der Waals surface area contributed by atoms with Gasteiger partial charge in [0.25, 0.3) is 11.8 Å². The molecule has 2 heterocycles. The lowest BCUT2D eigenvalue weighted by atomic mass is 9.90. The van der Waals surface area contributed by atoms with Crippen LogP contribution in [0.25, 0.3) is 0 Å². The quantitative estimate of drug-likeness (QED) is 0.457. The Morgan fingerprint density at radius 1 is 1.03 bits per heavy atom. The van der Waals surface area contributed by atoms with E-state index in [1.165, 1.54) is 10.5 Å². The first-order chi connectivity index (χ1) is 17.5. The van der Waals surface area contributed by atoms with E-state index in [0.29, 0.717) is 29.3 Å². The fraction of sp³-hybridized carbons (Fsp3) is 0.360. The Labute approximate surface area is 210 Å². The number of anilines is 1. The number of carbonyl (C=O) groups excluding carboxylic acids is 2. The van der Waals surface area contributed by atoms with Gasteiger partial charge in [0.05, 0.1) is 6.42 Å². The number of rotatable bonds is 6. The van der Waals surface area contributed by atoms with Crippen molar-refractivity contribution in [3.63, 3.8) is 0 Å². The predicted molar refractivity (Wildman–Crippen MR) is 126 cm³/mol. The molecular weight excluding hydrogens is 495 g/mol. The van der Waals surface area contributed by atoms with Crippen LogP contribution in [-0.4, -0.2) is 64.7 Å². The maximum Gasteiger partial charge on any atom is 0.490 e. The molecule has 4 rings (SSSR count). The van der Waals surface area contributed by atoms with Crippen LogP contribution >= 0.6 is 0 Å². The summed E-state index contributed by atoms with van der Waals surface area (Å²) in [4.78, 5) is 46.3. The molecule has 2 aliphatic heterocycles. The van der Waals surface area contributed by atoms with Gasteiger partial charge in [-0.2, -0.15) is 13.2 Å². The number of halogens is 3. The number of nitrogens with zero attached hydrogens (tertiary/aromatic N) is 1. The number of alkyl halides is 3. The molecule has 2 aliphatic rings. The minimum absolute atomic E-state index is 0.0866. The fourth-order valence-corrected chi connectivity index (χ4v) is 4.12. The van der Waals surface area contributed by atoms with Crippen LogP contribution in [0.3, 0.4) is 0 Å². The van der Waals surface area contributed by atoms with E-state index < -0.39 is 18.1 Å². The first kappa shape index (κ1) is 27.7. The standard InChI is InChI=1S/C23H25N3O4.C2HF3O2/c27-21(28)9-12-26-14-18-5-6-19(13-20(18)23(26)30)25-22(29)17-3-1-15(2-4-17)16-7-10-24-11-8-16;3-2(4,5)1(6)7/h1-6,13,16,24H,7-12,14H2,(H,25,29)(H,27,28);(H,6,7). The molecule has 198 valence electrons. The Morgan fingerprint density at radius 3 is 2.22 bits per heavy atom. The third kappa shape index (κ3) is 7.53. The first-order valence-corrected chi connectivity index (χ1v) is 11.5. The summed E-state index contributed by atoms with van der Waals surface area (Å²) in [6.07, 6.45) is -2.95. The third-order valence-electron chi connectivity index (χ3n) is 6.07. The molecule has 0 spiro atoms. The van der Waals surface area contributed by atoms with Gasteiger partial charge in [-0.1, -0.05) is 18.2 Å². The largest absolute Gasteiger partial charge is 0.490 e. The molecule has 37 heavy (non-hydrogen) atoms. The van der Waals surface area contributed by atoms with Crippen LogP contribution in [0.15, 0.2) is 42.5 Å². The van der Waals surface area contributed by atoms with Crippen LogP contribution in [0.1, 0.15) is 57.0 Å². The smallest absolute Gasteiger partial charge is 0.481 e. The van der Waals surface area contributed by atoms with Gasteiger partial charge in [0.1, 0.15) is 0 Å². The van der Waals surface area contributed by atoms with Gasteiger partial charge in [0.2, 0.25) is 0 Å². The van der Waals surface area contributed by atoms with Crippen molar-refractivity contribution in [2.75, 3.05) is 25.0 Å². The normalized spacial score (nSPS) is 15.4. The maximum absolute atomic E-state index is 12.6. The van der Waals surface area contributed by atoms with Gasteiger partial charge in [-0.25, -0.2) is 4.79 Å². The number of benzene rings is 2. The van der Waals surface area contributed by atoms with E-state index in [1.807, 2.05) is 30.3 Å². The topological polar surface area (TPSA) is 136 Å². The van der Waals surface area contributed by atoms with Crippen LogP contribution in [0.4, 0.5) is 18.9 Å². The molecule has 9 nitrogen and oxygen atoms in total. The zero-order valence-electron chi connectivity index (χ0n) is 19.7. The molecule has 0 bridgehead atoms. The first-order valence-electron chi connectivity index (χ1n) is 11.5. The van der Waals surface area contributed by atoms with Crippen molar-refractivity contribution in [3.05, 3.63) is 64.7 Å². The van der Waals surface area contributed by atoms with Crippen LogP contribution in [-0.2, 0) is 16.1 Å². The van der Waals surface area contributed by atoms with Crippen LogP contribution in [0.5, 0.6) is 0 Å². The van der Waals surface area contributed by atoms with Crippen molar-refractivity contribution in [2.45, 2.75) is 37.9 Å². The Bertz CT molecular complexity index is 1160. The average molecular weight is 521 g/mol. The lowest BCUT2D eigenvalue weighted by Gasteiger charge is -2.23. The van der Waals surface area contributed by atoms with Gasteiger partial charge in [0, 0.05) is 29.9 Å². The summed E-state index contributed by atoms with van der Waals surface area (Å²) in [5, 5.41) is 22.2. The zero-order valence-corrected chi connectivity index (χ0v) is 19.7. The highest BCUT2D eigenvalue weighted by atomic mass is 19.4. The van der Waals surface area contributed by atoms with E-state index in [0.717, 1.165) is 31.5 Å². The van der Waals surface area contributed by atoms with Gasteiger partial charge in [-0.05, 0) is 67.2 Å². The van der Waals surface area contributed by atoms with Gasteiger partial charge >= 0.3 is 18.1 Å². The minimum atomic E-state index is -5.08. The number of nitrogens with one attached hydrogen (secondary N) is 2. The third-order valence-corrected chi connectivity index (χ3v) is 6.07. The van der Waals surface area contributed by atoms with E-state index in [1.54, 1.807) is 12.1 Å². The van der Waals surface area contributed by atoms with Gasteiger partial charge in [-0.15, -0.1) is 0 Å². The number of piperidine rings is 1. The maximum atomic E-state index is 12.6. The van der Waals surface area contributed by atoms with E-state index in [-0.39, 0.29) is 24.8 Å². The highest BCUT2D eigenvalue weighted by molar-refractivity contribution is 6.05. The zero-order chi connectivity index (χ0) is 27.2. The summed E-state index contributed by atoms with van der Waals surface area (Å²) in [5.74, 6) is -3.57. The molecule has 0 saturated carbocycles. The van der Waals surface area contributed by atoms with Gasteiger partial charge in [0.15, 0.2) is 0 Å². The van der Waals surface area contributed by atoms with E-state index in [9.17, 15) is 27.6 Å². The molecule has 1 saturated heterocycles. The average Bonchev–Trinajstić information content (AvgIpc) is 3.18. The fourth-order valence-electron chi connectivity index (χ4n) is 4.12. The van der Waals surface area contributed by atoms with E-state index >= 15 is 0 Å². The SMILES string of the molecule is O=C(O)C(F)(F)F.O=C(O)CCN1Cc2ccc(NC(=O)c3ccc(C4CCNCC4)cc3)cc2C1=O. The number of aliphatic carboxylic acids is 2. The van der Waals surface area contributed by atoms with Crippen molar-refractivity contribution < 1.29 is 42.6 Å². The molecule has 2 amide bonds. The Balaban J connectivity index is 0.000000479. The number of carboxylic acid groups (broad SMARTS) is 2. The Hall–Kier alpha value is -3.93. The molecule has 0 aliphatic carbocycles. The molecule has 0 radical (unpaired) electrons. The monoisotopic (exact) mass is 521 g/mol. The summed E-state index contributed by atoms with van der Waals surface area (Å²) in [6, 6.07) is 13.0. The highest BCUT2D eigenvalue weighted by Gasteiger charge is 2.38. The summed E-state index contributed by atoms with van der Waals surface area (Å²) >= 11 is 0. The predicted octanol–water partition coefficient (Wildman–Crippen LogP) is 3.47. The van der Waals surface area contributed by atoms with Crippen molar-refractivity contribution >= 4 is 29.4 Å². The van der Waals surface area contributed by atoms with Crippen LogP contribution in [0.2, 0.25) is 0 Å². The molecule has 2 aromatic rings. The lowest BCUT2D eigenvalue weighted by Crippen LogP contribution is -2.26. The van der Waals surface area contributed by atoms with Crippen LogP contribution < -0.4 is 10.6 Å². The number of hydrogen-bond donors (Lipinski definition) is 4. The van der Waals surface area contributed by atoms with Gasteiger partial charge in [-0.3, -0.25) is 14.4 Å². The summed E-state index contributed by atoms with van der Waals surface area (Å²) in [7, 11) is 0. The number of hydrogen-bond acceptors (Lipinski definition) is 5. The summed E-state index contributed by atoms with van der Waals surface area (Å²) < 4.78 is 31.7. The summed E-state index contributed by atoms with van der Waals surface area (Å²) in [5.41, 5.74) is 3.74. The summed E-state index contributed by atoms with van der Waals surface area (Å²) in [6.45, 7) is 2.62. The molecule has 0 aromatic heterocycles. The molecule has 4 N–H and O–H groups in total. The molecule has 2 aromatic carbocycles. The minimum Gasteiger partial charge on any atom is -0.481 e. The molecule has 0 atom stereocenters. The van der Waals surface area contributed by atoms with Crippen molar-refractivity contribution in [1.82, 2.24) is 10.2 Å². The van der Waals surface area contributed by atoms with Crippen LogP contribution in [0, 0.1) is 0 Å².